The Kier molecular flexibility index (Phi) is 2.59. The molecule has 0 aliphatic carbocycles. The van der Waals surface area contributed by atoms with E-state index in [1.807, 2.05) is 0 Å². The minimum absolute atomic E-state index is 0.479. The quantitative estimate of drug-likeness (QED) is 0.403. The summed E-state index contributed by atoms with van der Waals surface area (Å²) < 4.78 is 10.1. The average molecular weight is 141 g/mol. The van der Waals surface area contributed by atoms with Gasteiger partial charge in [0, 0.05) is 7.05 Å². The molecule has 2 N–H and O–H groups in total. The third kappa shape index (κ3) is 2.40. The molecule has 0 aromatic rings. The second-order valence-electron chi connectivity index (χ2n) is 1.16. The van der Waals surface area contributed by atoms with Crippen molar-refractivity contribution in [1.29, 1.82) is 0 Å². The van der Waals surface area contributed by atoms with Gasteiger partial charge in [-0.05, 0) is 0 Å². The Labute approximate surface area is 47.0 Å². The lowest BCUT2D eigenvalue weighted by molar-refractivity contribution is -0.0501. The van der Waals surface area contributed by atoms with Crippen molar-refractivity contribution in [3.63, 3.8) is 0 Å². The van der Waals surface area contributed by atoms with E-state index in [9.17, 15) is 4.57 Å². The highest BCUT2D eigenvalue weighted by molar-refractivity contribution is 7.48. The van der Waals surface area contributed by atoms with Crippen LogP contribution in [0.4, 0.5) is 0 Å². The monoisotopic (exact) mass is 141 g/mol. The van der Waals surface area contributed by atoms with Crippen LogP contribution in [0.1, 0.15) is 0 Å². The first-order valence-electron chi connectivity index (χ1n) is 1.82. The second kappa shape index (κ2) is 2.57. The van der Waals surface area contributed by atoms with E-state index >= 15 is 0 Å². The molecule has 0 amide bonds. The van der Waals surface area contributed by atoms with E-state index in [0.717, 1.165) is 7.05 Å². The van der Waals surface area contributed by atoms with Crippen LogP contribution >= 0.6 is 7.75 Å². The topological polar surface area (TPSA) is 70.0 Å². The van der Waals surface area contributed by atoms with Crippen molar-refractivity contribution in [2.45, 2.75) is 0 Å². The van der Waals surface area contributed by atoms with Crippen molar-refractivity contribution in [2.24, 2.45) is 0 Å². The molecule has 0 aliphatic heterocycles. The van der Waals surface area contributed by atoms with Crippen molar-refractivity contribution in [1.82, 2.24) is 4.83 Å². The zero-order valence-corrected chi connectivity index (χ0v) is 5.50. The maximum absolute atomic E-state index is 10.1. The first-order chi connectivity index (χ1) is 3.48. The summed E-state index contributed by atoms with van der Waals surface area (Å²) in [7, 11) is -1.81. The fraction of sp³-hybridized carbons (Fsp3) is 1.00. The largest absolute Gasteiger partial charge is 0.425 e. The van der Waals surface area contributed by atoms with Crippen molar-refractivity contribution in [3.8, 4) is 0 Å². The molecular formula is C2H8NO4P. The smallest absolute Gasteiger partial charge is 0.311 e. The molecule has 0 saturated carbocycles. The van der Waals surface area contributed by atoms with Crippen LogP contribution in [0, 0.1) is 0 Å². The van der Waals surface area contributed by atoms with Crippen LogP contribution in [0.5, 0.6) is 0 Å². The van der Waals surface area contributed by atoms with Crippen LogP contribution < -0.4 is 0 Å². The third-order valence-corrected chi connectivity index (χ3v) is 1.53. The van der Waals surface area contributed by atoms with Crippen LogP contribution in [0.2, 0.25) is 0 Å². The van der Waals surface area contributed by atoms with E-state index in [1.165, 1.54) is 7.11 Å². The summed E-state index contributed by atoms with van der Waals surface area (Å²) in [6, 6.07) is 0. The zero-order valence-electron chi connectivity index (χ0n) is 4.61. The third-order valence-electron chi connectivity index (χ3n) is 0.631. The fourth-order valence-electron chi connectivity index (χ4n) is 0.106. The molecule has 0 rings (SSSR count). The highest BCUT2D eigenvalue weighted by Gasteiger charge is 2.19. The van der Waals surface area contributed by atoms with E-state index < -0.39 is 7.75 Å². The molecular weight excluding hydrogens is 133 g/mol. The van der Waals surface area contributed by atoms with Crippen LogP contribution in [0.3, 0.4) is 0 Å². The average Bonchev–Trinajstić information content (AvgIpc) is 1.62. The Hall–Kier alpha value is 0.0700. The van der Waals surface area contributed by atoms with Gasteiger partial charge >= 0.3 is 7.75 Å². The van der Waals surface area contributed by atoms with Gasteiger partial charge in [-0.2, -0.15) is 0 Å². The molecule has 0 atom stereocenters. The molecule has 0 unspecified atom stereocenters. The molecule has 0 bridgehead atoms. The first-order valence-corrected chi connectivity index (χ1v) is 3.39. The molecule has 0 aliphatic rings. The number of hydrogen-bond acceptors (Lipinski definition) is 2. The SMILES string of the molecule is CON(C)P(=O)(O)O. The van der Waals surface area contributed by atoms with E-state index in [-0.39, 0.29) is 0 Å². The summed E-state index contributed by atoms with van der Waals surface area (Å²) in [5, 5.41) is 0. The predicted octanol–water partition coefficient (Wildman–Crippen LogP) is -0.428. The minimum atomic E-state index is -4.15. The van der Waals surface area contributed by atoms with Crippen LogP contribution in [-0.2, 0) is 9.40 Å². The summed E-state index contributed by atoms with van der Waals surface area (Å²) in [6.45, 7) is 0. The number of hydrogen-bond donors (Lipinski definition) is 2. The Morgan fingerprint density at radius 1 is 1.62 bits per heavy atom. The Morgan fingerprint density at radius 3 is 2.00 bits per heavy atom. The van der Waals surface area contributed by atoms with E-state index in [0.29, 0.717) is 4.83 Å². The summed E-state index contributed by atoms with van der Waals surface area (Å²) in [5.74, 6) is 0. The maximum atomic E-state index is 10.1. The summed E-state index contributed by atoms with van der Waals surface area (Å²) in [4.78, 5) is 21.1. The highest BCUT2D eigenvalue weighted by atomic mass is 31.2. The lowest BCUT2D eigenvalue weighted by atomic mass is 11.5. The lowest BCUT2D eigenvalue weighted by Crippen LogP contribution is -2.11. The molecule has 0 aromatic carbocycles. The fourth-order valence-corrected chi connectivity index (χ4v) is 0.319. The summed E-state index contributed by atoms with van der Waals surface area (Å²) in [5.41, 5.74) is 0. The zero-order chi connectivity index (χ0) is 6.78. The van der Waals surface area contributed by atoms with Gasteiger partial charge in [0.1, 0.15) is 0 Å². The molecule has 0 aromatic heterocycles. The van der Waals surface area contributed by atoms with Crippen molar-refractivity contribution >= 4 is 7.75 Å². The van der Waals surface area contributed by atoms with Crippen molar-refractivity contribution in [2.75, 3.05) is 14.2 Å². The van der Waals surface area contributed by atoms with Gasteiger partial charge in [-0.3, -0.25) is 4.84 Å². The van der Waals surface area contributed by atoms with Gasteiger partial charge < -0.3 is 9.79 Å². The van der Waals surface area contributed by atoms with Crippen LogP contribution in [0.25, 0.3) is 0 Å². The van der Waals surface area contributed by atoms with Gasteiger partial charge in [0.2, 0.25) is 0 Å². The highest BCUT2D eigenvalue weighted by Crippen LogP contribution is 2.37. The van der Waals surface area contributed by atoms with Gasteiger partial charge in [0.25, 0.3) is 0 Å². The summed E-state index contributed by atoms with van der Waals surface area (Å²) >= 11 is 0. The van der Waals surface area contributed by atoms with Gasteiger partial charge in [-0.25, -0.2) is 4.57 Å². The normalized spacial score (nSPS) is 12.6. The maximum Gasteiger partial charge on any atom is 0.425 e. The Balaban J connectivity index is 3.82. The molecule has 0 radical (unpaired) electrons. The van der Waals surface area contributed by atoms with Gasteiger partial charge in [0.05, 0.1) is 7.11 Å². The van der Waals surface area contributed by atoms with Crippen LogP contribution in [0.15, 0.2) is 0 Å². The number of rotatable bonds is 2. The summed E-state index contributed by atoms with van der Waals surface area (Å²) in [6.07, 6.45) is 0. The first kappa shape index (κ1) is 8.07. The minimum Gasteiger partial charge on any atom is -0.311 e. The Morgan fingerprint density at radius 2 is 2.00 bits per heavy atom. The number of nitrogens with zero attached hydrogens (tertiary/aromatic N) is 1. The molecule has 0 heterocycles. The molecule has 6 heteroatoms. The molecule has 50 valence electrons. The van der Waals surface area contributed by atoms with Gasteiger partial charge in [-0.1, -0.05) is 4.83 Å². The van der Waals surface area contributed by atoms with Crippen LogP contribution in [-0.4, -0.2) is 28.8 Å². The van der Waals surface area contributed by atoms with Gasteiger partial charge in [0.15, 0.2) is 0 Å². The Bertz CT molecular complexity index is 109. The molecule has 5 nitrogen and oxygen atoms in total. The van der Waals surface area contributed by atoms with E-state index in [1.54, 1.807) is 0 Å². The lowest BCUT2D eigenvalue weighted by Gasteiger charge is -2.13. The standard InChI is InChI=1S/C2H8NO4P/c1-3(7-2)8(4,5)6/h1-2H3,(H2,4,5,6). The predicted molar refractivity (Wildman–Crippen MR) is 26.8 cm³/mol. The second-order valence-corrected chi connectivity index (χ2v) is 2.75. The molecule has 0 fully saturated rings. The van der Waals surface area contributed by atoms with Crippen molar-refractivity contribution < 1.29 is 19.2 Å². The van der Waals surface area contributed by atoms with Crippen molar-refractivity contribution in [3.05, 3.63) is 0 Å². The van der Waals surface area contributed by atoms with Gasteiger partial charge in [-0.15, -0.1) is 0 Å². The van der Waals surface area contributed by atoms with E-state index in [4.69, 9.17) is 9.79 Å². The molecule has 8 heavy (non-hydrogen) atoms. The van der Waals surface area contributed by atoms with E-state index in [2.05, 4.69) is 4.84 Å². The number of hydroxylamine groups is 1. The molecule has 0 spiro atoms. The molecule has 0 saturated heterocycles.